The molecule has 0 saturated heterocycles. The van der Waals surface area contributed by atoms with E-state index in [1.54, 1.807) is 23.9 Å². The molecule has 0 aliphatic heterocycles. The Morgan fingerprint density at radius 1 is 1.00 bits per heavy atom. The summed E-state index contributed by atoms with van der Waals surface area (Å²) >= 11 is 0. The number of nitrogens with zero attached hydrogens (tertiary/aromatic N) is 2. The van der Waals surface area contributed by atoms with Crippen LogP contribution < -0.4 is 10.1 Å². The van der Waals surface area contributed by atoms with E-state index in [2.05, 4.69) is 5.32 Å². The van der Waals surface area contributed by atoms with Gasteiger partial charge in [0, 0.05) is 32.9 Å². The van der Waals surface area contributed by atoms with Crippen LogP contribution in [0.5, 0.6) is 5.75 Å². The lowest BCUT2D eigenvalue weighted by Gasteiger charge is -2.23. The minimum Gasteiger partial charge on any atom is -0.494 e. The van der Waals surface area contributed by atoms with Gasteiger partial charge in [-0.05, 0) is 43.2 Å². The van der Waals surface area contributed by atoms with E-state index < -0.39 is 0 Å². The van der Waals surface area contributed by atoms with Crippen LogP contribution in [-0.2, 0) is 17.8 Å². The van der Waals surface area contributed by atoms with E-state index >= 15 is 0 Å². The lowest BCUT2D eigenvalue weighted by Crippen LogP contribution is -2.34. The molecule has 0 spiro atoms. The van der Waals surface area contributed by atoms with Gasteiger partial charge in [0.25, 0.3) is 0 Å². The van der Waals surface area contributed by atoms with Crippen molar-refractivity contribution in [3.8, 4) is 5.75 Å². The van der Waals surface area contributed by atoms with Gasteiger partial charge in [-0.15, -0.1) is 0 Å². The molecule has 28 heavy (non-hydrogen) atoms. The SMILES string of the molecule is CCOc1ccc(CN(CC)C(=O)Nc2ccccc2CC(=O)N(C)C)cc1. The second-order valence-corrected chi connectivity index (χ2v) is 6.64. The number of ether oxygens (including phenoxy) is 1. The second-order valence-electron chi connectivity index (χ2n) is 6.64. The first kappa shape index (κ1) is 21.3. The molecule has 0 aromatic heterocycles. The highest BCUT2D eigenvalue weighted by Gasteiger charge is 2.15. The summed E-state index contributed by atoms with van der Waals surface area (Å²) in [6, 6.07) is 14.9. The predicted octanol–water partition coefficient (Wildman–Crippen LogP) is 3.77. The van der Waals surface area contributed by atoms with Crippen LogP contribution in [-0.4, -0.2) is 49.0 Å². The van der Waals surface area contributed by atoms with Gasteiger partial charge < -0.3 is 19.9 Å². The maximum Gasteiger partial charge on any atom is 0.322 e. The zero-order chi connectivity index (χ0) is 20.5. The normalized spacial score (nSPS) is 10.3. The Labute approximate surface area is 167 Å². The number of anilines is 1. The van der Waals surface area contributed by atoms with E-state index in [-0.39, 0.29) is 18.4 Å². The molecule has 2 aromatic carbocycles. The lowest BCUT2D eigenvalue weighted by atomic mass is 10.1. The number of para-hydroxylation sites is 1. The first-order chi connectivity index (χ1) is 13.4. The number of rotatable bonds is 8. The van der Waals surface area contributed by atoms with Crippen molar-refractivity contribution in [2.24, 2.45) is 0 Å². The molecule has 6 nitrogen and oxygen atoms in total. The summed E-state index contributed by atoms with van der Waals surface area (Å²) in [5, 5.41) is 2.95. The lowest BCUT2D eigenvalue weighted by molar-refractivity contribution is -0.127. The highest BCUT2D eigenvalue weighted by atomic mass is 16.5. The average Bonchev–Trinajstić information content (AvgIpc) is 2.68. The van der Waals surface area contributed by atoms with E-state index in [4.69, 9.17) is 4.74 Å². The molecule has 2 rings (SSSR count). The highest BCUT2D eigenvalue weighted by Crippen LogP contribution is 2.18. The van der Waals surface area contributed by atoms with Gasteiger partial charge >= 0.3 is 6.03 Å². The third-order valence-corrected chi connectivity index (χ3v) is 4.38. The predicted molar refractivity (Wildman–Crippen MR) is 112 cm³/mol. The third kappa shape index (κ3) is 6.01. The van der Waals surface area contributed by atoms with Crippen molar-refractivity contribution in [1.29, 1.82) is 0 Å². The van der Waals surface area contributed by atoms with Crippen LogP contribution in [0, 0.1) is 0 Å². The fraction of sp³-hybridized carbons (Fsp3) is 0.364. The van der Waals surface area contributed by atoms with Crippen molar-refractivity contribution in [1.82, 2.24) is 9.80 Å². The molecule has 0 aliphatic carbocycles. The smallest absolute Gasteiger partial charge is 0.322 e. The molecule has 0 heterocycles. The Hall–Kier alpha value is -3.02. The summed E-state index contributed by atoms with van der Waals surface area (Å²) in [5.41, 5.74) is 2.48. The maximum atomic E-state index is 12.8. The van der Waals surface area contributed by atoms with Gasteiger partial charge in [0.2, 0.25) is 5.91 Å². The molecule has 2 aromatic rings. The quantitative estimate of drug-likeness (QED) is 0.755. The van der Waals surface area contributed by atoms with E-state index in [9.17, 15) is 9.59 Å². The van der Waals surface area contributed by atoms with Crippen molar-refractivity contribution < 1.29 is 14.3 Å². The van der Waals surface area contributed by atoms with E-state index in [1.807, 2.05) is 62.4 Å². The fourth-order valence-electron chi connectivity index (χ4n) is 2.72. The van der Waals surface area contributed by atoms with Gasteiger partial charge in [0.05, 0.1) is 13.0 Å². The van der Waals surface area contributed by atoms with Crippen molar-refractivity contribution >= 4 is 17.6 Å². The average molecular weight is 383 g/mol. The van der Waals surface area contributed by atoms with Crippen LogP contribution in [0.25, 0.3) is 0 Å². The largest absolute Gasteiger partial charge is 0.494 e. The molecule has 6 heteroatoms. The summed E-state index contributed by atoms with van der Waals surface area (Å²) in [5.74, 6) is 0.807. The Morgan fingerprint density at radius 2 is 1.68 bits per heavy atom. The third-order valence-electron chi connectivity index (χ3n) is 4.38. The number of hydrogen-bond donors (Lipinski definition) is 1. The summed E-state index contributed by atoms with van der Waals surface area (Å²) in [4.78, 5) is 28.1. The Morgan fingerprint density at radius 3 is 2.29 bits per heavy atom. The molecular weight excluding hydrogens is 354 g/mol. The Balaban J connectivity index is 2.06. The van der Waals surface area contributed by atoms with E-state index in [0.717, 1.165) is 16.9 Å². The first-order valence-electron chi connectivity index (χ1n) is 9.50. The monoisotopic (exact) mass is 383 g/mol. The van der Waals surface area contributed by atoms with Crippen LogP contribution >= 0.6 is 0 Å². The number of likely N-dealkylation sites (N-methyl/N-ethyl adjacent to an activating group) is 1. The minimum atomic E-state index is -0.193. The zero-order valence-electron chi connectivity index (χ0n) is 17.1. The van der Waals surface area contributed by atoms with Gasteiger partial charge in [0.15, 0.2) is 0 Å². The molecule has 0 fully saturated rings. The number of urea groups is 1. The molecule has 1 N–H and O–H groups in total. The van der Waals surface area contributed by atoms with Gasteiger partial charge in [-0.2, -0.15) is 0 Å². The molecule has 0 aliphatic rings. The first-order valence-corrected chi connectivity index (χ1v) is 9.50. The topological polar surface area (TPSA) is 61.9 Å². The molecule has 0 saturated carbocycles. The van der Waals surface area contributed by atoms with Crippen molar-refractivity contribution in [3.63, 3.8) is 0 Å². The van der Waals surface area contributed by atoms with Gasteiger partial charge in [-0.3, -0.25) is 4.79 Å². The molecule has 150 valence electrons. The second kappa shape index (κ2) is 10.3. The molecule has 0 atom stereocenters. The molecule has 0 unspecified atom stereocenters. The van der Waals surface area contributed by atoms with Gasteiger partial charge in [0.1, 0.15) is 5.75 Å². The van der Waals surface area contributed by atoms with Crippen molar-refractivity contribution in [2.75, 3.05) is 32.6 Å². The van der Waals surface area contributed by atoms with Crippen molar-refractivity contribution in [2.45, 2.75) is 26.8 Å². The number of hydrogen-bond acceptors (Lipinski definition) is 3. The fourth-order valence-corrected chi connectivity index (χ4v) is 2.72. The Bertz CT molecular complexity index is 788. The number of nitrogens with one attached hydrogen (secondary N) is 1. The van der Waals surface area contributed by atoms with Gasteiger partial charge in [-0.25, -0.2) is 4.79 Å². The van der Waals surface area contributed by atoms with Crippen LogP contribution in [0.1, 0.15) is 25.0 Å². The van der Waals surface area contributed by atoms with Gasteiger partial charge in [-0.1, -0.05) is 30.3 Å². The van der Waals surface area contributed by atoms with Crippen LogP contribution in [0.4, 0.5) is 10.5 Å². The zero-order valence-corrected chi connectivity index (χ0v) is 17.1. The Kier molecular flexibility index (Phi) is 7.87. The number of amides is 3. The summed E-state index contributed by atoms with van der Waals surface area (Å²) in [7, 11) is 3.44. The molecule has 0 bridgehead atoms. The molecular formula is C22H29N3O3. The van der Waals surface area contributed by atoms with Crippen LogP contribution in [0.2, 0.25) is 0 Å². The summed E-state index contributed by atoms with van der Waals surface area (Å²) in [6.07, 6.45) is 0.245. The number of benzene rings is 2. The van der Waals surface area contributed by atoms with Crippen LogP contribution in [0.3, 0.4) is 0 Å². The minimum absolute atomic E-state index is 0.0107. The number of carbonyl (C=O) groups is 2. The number of carbonyl (C=O) groups excluding carboxylic acids is 2. The standard InChI is InChI=1S/C22H29N3O3/c1-5-25(16-17-11-13-19(14-12-17)28-6-2)22(27)23-20-10-8-7-9-18(20)15-21(26)24(3)4/h7-14H,5-6,15-16H2,1-4H3,(H,23,27). The highest BCUT2D eigenvalue weighted by molar-refractivity contribution is 5.91. The van der Waals surface area contributed by atoms with Crippen molar-refractivity contribution in [3.05, 3.63) is 59.7 Å². The van der Waals surface area contributed by atoms with E-state index in [0.29, 0.717) is 25.4 Å². The molecule has 3 amide bonds. The summed E-state index contributed by atoms with van der Waals surface area (Å²) < 4.78 is 5.46. The van der Waals surface area contributed by atoms with Crippen LogP contribution in [0.15, 0.2) is 48.5 Å². The molecule has 0 radical (unpaired) electrons. The maximum absolute atomic E-state index is 12.8. The van der Waals surface area contributed by atoms with E-state index in [1.165, 1.54) is 0 Å². The summed E-state index contributed by atoms with van der Waals surface area (Å²) in [6.45, 7) is 5.57.